The number of piperidine rings is 1. The maximum Gasteiger partial charge on any atom is 0.338 e. The number of amides is 1. The Hall–Kier alpha value is -2.15. The number of fused-ring (bicyclic) bond motifs is 1. The van der Waals surface area contributed by atoms with Crippen molar-refractivity contribution in [3.05, 3.63) is 39.3 Å². The number of hydrogen-bond donors (Lipinski definition) is 1. The molecule has 1 aliphatic carbocycles. The molecule has 0 aromatic carbocycles. The summed E-state index contributed by atoms with van der Waals surface area (Å²) >= 11 is 1.68. The van der Waals surface area contributed by atoms with Gasteiger partial charge in [0.25, 0.3) is 5.91 Å². The lowest BCUT2D eigenvalue weighted by Crippen LogP contribution is -2.38. The van der Waals surface area contributed by atoms with Crippen molar-refractivity contribution in [3.8, 4) is 0 Å². The van der Waals surface area contributed by atoms with Crippen molar-refractivity contribution in [3.63, 3.8) is 0 Å². The fourth-order valence-electron chi connectivity index (χ4n) is 3.91. The van der Waals surface area contributed by atoms with Crippen LogP contribution in [0.15, 0.2) is 18.5 Å². The zero-order valence-corrected chi connectivity index (χ0v) is 15.5. The fourth-order valence-corrected chi connectivity index (χ4v) is 5.13. The Balaban J connectivity index is 1.39. The Labute approximate surface area is 156 Å². The summed E-state index contributed by atoms with van der Waals surface area (Å²) in [6.07, 6.45) is 10.5. The number of aryl methyl sites for hydroxylation is 2. The van der Waals surface area contributed by atoms with Crippen LogP contribution in [0.4, 0.5) is 0 Å². The molecular weight excluding hydrogens is 350 g/mol. The fraction of sp³-hybridized carbons (Fsp3) is 0.526. The van der Waals surface area contributed by atoms with E-state index in [0.717, 1.165) is 30.6 Å². The van der Waals surface area contributed by atoms with Gasteiger partial charge in [0.1, 0.15) is 0 Å². The van der Waals surface area contributed by atoms with E-state index in [2.05, 4.69) is 11.2 Å². The molecule has 6 nitrogen and oxygen atoms in total. The predicted octanol–water partition coefficient (Wildman–Crippen LogP) is 3.39. The minimum absolute atomic E-state index is 0.146. The molecule has 0 saturated carbocycles. The van der Waals surface area contributed by atoms with Crippen LogP contribution in [0.5, 0.6) is 0 Å². The van der Waals surface area contributed by atoms with Gasteiger partial charge in [0, 0.05) is 24.2 Å². The van der Waals surface area contributed by atoms with Crippen LogP contribution < -0.4 is 0 Å². The molecule has 2 aromatic heterocycles. The number of nitrogens with zero attached hydrogens (tertiary/aromatic N) is 3. The van der Waals surface area contributed by atoms with E-state index in [1.54, 1.807) is 22.2 Å². The maximum atomic E-state index is 12.9. The molecule has 138 valence electrons. The number of carboxylic acid groups (broad SMARTS) is 1. The molecule has 2 aliphatic rings. The molecule has 0 bridgehead atoms. The molecule has 26 heavy (non-hydrogen) atoms. The highest BCUT2D eigenvalue weighted by atomic mass is 32.1. The van der Waals surface area contributed by atoms with Crippen LogP contribution in [0.25, 0.3) is 0 Å². The largest absolute Gasteiger partial charge is 0.478 e. The van der Waals surface area contributed by atoms with Crippen LogP contribution in [0.3, 0.4) is 0 Å². The third kappa shape index (κ3) is 3.40. The number of thiophene rings is 1. The van der Waals surface area contributed by atoms with Crippen LogP contribution >= 0.6 is 11.3 Å². The van der Waals surface area contributed by atoms with Gasteiger partial charge in [0.15, 0.2) is 0 Å². The van der Waals surface area contributed by atoms with Gasteiger partial charge >= 0.3 is 5.97 Å². The minimum atomic E-state index is -0.957. The average Bonchev–Trinajstić information content (AvgIpc) is 3.24. The van der Waals surface area contributed by atoms with E-state index in [9.17, 15) is 9.59 Å². The van der Waals surface area contributed by atoms with E-state index in [0.29, 0.717) is 13.1 Å². The quantitative estimate of drug-likeness (QED) is 0.837. The first-order valence-corrected chi connectivity index (χ1v) is 10.1. The molecule has 1 amide bonds. The van der Waals surface area contributed by atoms with E-state index in [-0.39, 0.29) is 17.5 Å². The van der Waals surface area contributed by atoms with Crippen molar-refractivity contribution in [1.82, 2.24) is 14.7 Å². The van der Waals surface area contributed by atoms with Gasteiger partial charge in [-0.15, -0.1) is 11.3 Å². The van der Waals surface area contributed by atoms with Gasteiger partial charge in [-0.1, -0.05) is 6.42 Å². The van der Waals surface area contributed by atoms with Gasteiger partial charge in [-0.05, 0) is 50.2 Å². The normalized spacial score (nSPS) is 18.4. The first-order chi connectivity index (χ1) is 12.6. The smallest absolute Gasteiger partial charge is 0.338 e. The molecule has 1 aliphatic heterocycles. The van der Waals surface area contributed by atoms with Gasteiger partial charge in [-0.2, -0.15) is 5.10 Å². The Bertz CT molecular complexity index is 794. The number of carbonyl (C=O) groups excluding carboxylic acids is 1. The second-order valence-corrected chi connectivity index (χ2v) is 8.29. The van der Waals surface area contributed by atoms with E-state index < -0.39 is 5.97 Å². The average molecular weight is 373 g/mol. The molecule has 0 atom stereocenters. The third-order valence-corrected chi connectivity index (χ3v) is 6.66. The van der Waals surface area contributed by atoms with Crippen molar-refractivity contribution < 1.29 is 14.7 Å². The lowest BCUT2D eigenvalue weighted by atomic mass is 10.0. The molecule has 2 aromatic rings. The monoisotopic (exact) mass is 373 g/mol. The highest BCUT2D eigenvalue weighted by Gasteiger charge is 2.27. The van der Waals surface area contributed by atoms with Gasteiger partial charge in [0.05, 0.1) is 22.7 Å². The molecule has 1 fully saturated rings. The van der Waals surface area contributed by atoms with Crippen molar-refractivity contribution in [1.29, 1.82) is 0 Å². The molecule has 4 rings (SSSR count). The molecule has 1 N–H and O–H groups in total. The lowest BCUT2D eigenvalue weighted by molar-refractivity contribution is 0.0691. The second-order valence-electron chi connectivity index (χ2n) is 7.16. The molecular formula is C19H23N3O3S. The first kappa shape index (κ1) is 17.3. The number of likely N-dealkylation sites (tertiary alicyclic amines) is 1. The summed E-state index contributed by atoms with van der Waals surface area (Å²) < 4.78 is 1.73. The number of aromatic carboxylic acids is 1. The topological polar surface area (TPSA) is 75.4 Å². The van der Waals surface area contributed by atoms with Crippen LogP contribution in [-0.2, 0) is 12.8 Å². The van der Waals surface area contributed by atoms with E-state index in [1.165, 1.54) is 35.9 Å². The minimum Gasteiger partial charge on any atom is -0.478 e. The molecule has 3 heterocycles. The molecule has 0 radical (unpaired) electrons. The van der Waals surface area contributed by atoms with E-state index >= 15 is 0 Å². The summed E-state index contributed by atoms with van der Waals surface area (Å²) in [5.74, 6) is -0.811. The second kappa shape index (κ2) is 7.23. The highest BCUT2D eigenvalue weighted by molar-refractivity contribution is 7.14. The van der Waals surface area contributed by atoms with Crippen LogP contribution in [-0.4, -0.2) is 44.8 Å². The van der Waals surface area contributed by atoms with Crippen molar-refractivity contribution in [2.45, 2.75) is 51.0 Å². The number of hydrogen-bond acceptors (Lipinski definition) is 4. The summed E-state index contributed by atoms with van der Waals surface area (Å²) in [6.45, 7) is 1.38. The summed E-state index contributed by atoms with van der Waals surface area (Å²) in [7, 11) is 0. The summed E-state index contributed by atoms with van der Waals surface area (Å²) in [4.78, 5) is 28.1. The third-order valence-electron chi connectivity index (χ3n) is 5.43. The Morgan fingerprint density at radius 2 is 1.92 bits per heavy atom. The lowest BCUT2D eigenvalue weighted by Gasteiger charge is -2.31. The highest BCUT2D eigenvalue weighted by Crippen LogP contribution is 2.31. The molecule has 0 unspecified atom stereocenters. The van der Waals surface area contributed by atoms with Crippen LogP contribution in [0.2, 0.25) is 0 Å². The van der Waals surface area contributed by atoms with E-state index in [1.807, 2.05) is 4.90 Å². The standard InChI is InChI=1S/C19H23N3O3S/c23-18(17-10-13-4-2-1-3-5-16(13)26-17)21-8-6-15(7-9-21)22-12-14(11-20-22)19(24)25/h10-12,15H,1-9H2,(H,24,25). The predicted molar refractivity (Wildman–Crippen MR) is 98.9 cm³/mol. The first-order valence-electron chi connectivity index (χ1n) is 9.30. The SMILES string of the molecule is O=C(O)c1cnn(C2CCN(C(=O)c3cc4c(s3)CCCCC4)CC2)c1. The zero-order chi connectivity index (χ0) is 18.1. The number of carboxylic acids is 1. The Morgan fingerprint density at radius 1 is 1.15 bits per heavy atom. The van der Waals surface area contributed by atoms with Crippen LogP contribution in [0.1, 0.15) is 68.6 Å². The Kier molecular flexibility index (Phi) is 4.80. The zero-order valence-electron chi connectivity index (χ0n) is 14.7. The van der Waals surface area contributed by atoms with Crippen molar-refractivity contribution in [2.24, 2.45) is 0 Å². The van der Waals surface area contributed by atoms with Gasteiger partial charge < -0.3 is 10.0 Å². The summed E-state index contributed by atoms with van der Waals surface area (Å²) in [5, 5.41) is 13.2. The van der Waals surface area contributed by atoms with Crippen LogP contribution in [0, 0.1) is 0 Å². The van der Waals surface area contributed by atoms with Crippen molar-refractivity contribution >= 4 is 23.2 Å². The molecule has 0 spiro atoms. The number of aromatic nitrogens is 2. The van der Waals surface area contributed by atoms with Gasteiger partial charge in [0.2, 0.25) is 0 Å². The van der Waals surface area contributed by atoms with Crippen molar-refractivity contribution in [2.75, 3.05) is 13.1 Å². The van der Waals surface area contributed by atoms with Gasteiger partial charge in [-0.3, -0.25) is 9.48 Å². The van der Waals surface area contributed by atoms with Gasteiger partial charge in [-0.25, -0.2) is 4.79 Å². The number of rotatable bonds is 3. The van der Waals surface area contributed by atoms with E-state index in [4.69, 9.17) is 5.11 Å². The Morgan fingerprint density at radius 3 is 2.65 bits per heavy atom. The molecule has 1 saturated heterocycles. The summed E-state index contributed by atoms with van der Waals surface area (Å²) in [6, 6.07) is 2.28. The summed E-state index contributed by atoms with van der Waals surface area (Å²) in [5.41, 5.74) is 1.59. The molecule has 7 heteroatoms. The number of carbonyl (C=O) groups is 2. The maximum absolute atomic E-state index is 12.9.